The Balaban J connectivity index is 1.81. The molecule has 2 atom stereocenters. The highest BCUT2D eigenvalue weighted by molar-refractivity contribution is 5.75. The summed E-state index contributed by atoms with van der Waals surface area (Å²) in [5.74, 6) is 0.222. The lowest BCUT2D eigenvalue weighted by molar-refractivity contribution is -0.169. The number of tetrazole rings is 1. The van der Waals surface area contributed by atoms with Crippen molar-refractivity contribution in [1.82, 2.24) is 25.5 Å². The Kier molecular flexibility index (Phi) is 8.37. The van der Waals surface area contributed by atoms with Crippen molar-refractivity contribution >= 4 is 5.97 Å². The molecule has 160 valence electrons. The minimum atomic E-state index is -0.583. The lowest BCUT2D eigenvalue weighted by Gasteiger charge is -2.26. The molecule has 1 aromatic heterocycles. The monoisotopic (exact) mass is 395 g/mol. The van der Waals surface area contributed by atoms with Gasteiger partial charge in [0.15, 0.2) is 0 Å². The SMILES string of the molecule is CC(C)C(OC(=O)C(C)(C)C)n1nnc(COC[C@@H](C)NC2CCCCC2)n1. The van der Waals surface area contributed by atoms with E-state index in [1.54, 1.807) is 0 Å². The number of rotatable bonds is 9. The van der Waals surface area contributed by atoms with Gasteiger partial charge in [0.05, 0.1) is 12.0 Å². The number of ether oxygens (including phenoxy) is 2. The van der Waals surface area contributed by atoms with Crippen LogP contribution < -0.4 is 5.32 Å². The summed E-state index contributed by atoms with van der Waals surface area (Å²) in [6.45, 7) is 12.4. The van der Waals surface area contributed by atoms with Gasteiger partial charge in [-0.1, -0.05) is 33.1 Å². The maximum Gasteiger partial charge on any atom is 0.313 e. The highest BCUT2D eigenvalue weighted by atomic mass is 16.6. The quantitative estimate of drug-likeness (QED) is 0.642. The van der Waals surface area contributed by atoms with Gasteiger partial charge in [0.25, 0.3) is 0 Å². The molecule has 2 rings (SSSR count). The molecule has 0 bridgehead atoms. The van der Waals surface area contributed by atoms with E-state index in [2.05, 4.69) is 27.7 Å². The van der Waals surface area contributed by atoms with Gasteiger partial charge in [-0.3, -0.25) is 4.79 Å². The van der Waals surface area contributed by atoms with Crippen LogP contribution in [0.15, 0.2) is 0 Å². The van der Waals surface area contributed by atoms with E-state index in [1.165, 1.54) is 36.9 Å². The number of hydrogen-bond donors (Lipinski definition) is 1. The summed E-state index contributed by atoms with van der Waals surface area (Å²) in [7, 11) is 0. The summed E-state index contributed by atoms with van der Waals surface area (Å²) in [5.41, 5.74) is -0.582. The summed E-state index contributed by atoms with van der Waals surface area (Å²) < 4.78 is 11.4. The van der Waals surface area contributed by atoms with E-state index < -0.39 is 11.6 Å². The fourth-order valence-electron chi connectivity index (χ4n) is 3.20. The van der Waals surface area contributed by atoms with Gasteiger partial charge in [-0.25, -0.2) is 0 Å². The van der Waals surface area contributed by atoms with E-state index in [0.29, 0.717) is 18.5 Å². The Morgan fingerprint density at radius 2 is 1.89 bits per heavy atom. The minimum absolute atomic E-state index is 0.0222. The van der Waals surface area contributed by atoms with Crippen LogP contribution in [0.1, 0.15) is 85.7 Å². The van der Waals surface area contributed by atoms with Crippen molar-refractivity contribution in [3.63, 3.8) is 0 Å². The normalized spacial score (nSPS) is 18.2. The van der Waals surface area contributed by atoms with E-state index in [1.807, 2.05) is 34.6 Å². The number of esters is 1. The topological polar surface area (TPSA) is 91.2 Å². The summed E-state index contributed by atoms with van der Waals surface area (Å²) >= 11 is 0. The zero-order valence-corrected chi connectivity index (χ0v) is 18.3. The van der Waals surface area contributed by atoms with Crippen molar-refractivity contribution in [2.45, 2.75) is 98.6 Å². The largest absolute Gasteiger partial charge is 0.437 e. The lowest BCUT2D eigenvalue weighted by atomic mass is 9.95. The molecule has 1 aromatic rings. The first-order valence-corrected chi connectivity index (χ1v) is 10.5. The summed E-state index contributed by atoms with van der Waals surface area (Å²) in [6.07, 6.45) is 5.91. The molecule has 1 N–H and O–H groups in total. The van der Waals surface area contributed by atoms with Gasteiger partial charge >= 0.3 is 5.97 Å². The van der Waals surface area contributed by atoms with Crippen LogP contribution in [0.25, 0.3) is 0 Å². The van der Waals surface area contributed by atoms with Gasteiger partial charge in [0.1, 0.15) is 6.61 Å². The molecule has 0 spiro atoms. The molecule has 1 aliphatic rings. The molecule has 0 aromatic carbocycles. The van der Waals surface area contributed by atoms with Gasteiger partial charge < -0.3 is 14.8 Å². The first kappa shape index (κ1) is 22.7. The average molecular weight is 396 g/mol. The zero-order chi connectivity index (χ0) is 20.7. The molecule has 1 fully saturated rings. The van der Waals surface area contributed by atoms with Crippen LogP contribution in [-0.4, -0.2) is 44.9 Å². The molecular weight excluding hydrogens is 358 g/mol. The molecule has 8 heteroatoms. The molecule has 0 amide bonds. The second-order valence-electron chi connectivity index (χ2n) is 9.23. The lowest BCUT2D eigenvalue weighted by Crippen LogP contribution is -2.40. The van der Waals surface area contributed by atoms with Crippen LogP contribution in [0.5, 0.6) is 0 Å². The Morgan fingerprint density at radius 3 is 2.50 bits per heavy atom. The van der Waals surface area contributed by atoms with Crippen molar-refractivity contribution in [1.29, 1.82) is 0 Å². The first-order valence-electron chi connectivity index (χ1n) is 10.5. The third-order valence-corrected chi connectivity index (χ3v) is 4.83. The van der Waals surface area contributed by atoms with E-state index >= 15 is 0 Å². The summed E-state index contributed by atoms with van der Waals surface area (Å²) in [6, 6.07) is 0.893. The van der Waals surface area contributed by atoms with Crippen LogP contribution in [0.3, 0.4) is 0 Å². The fourth-order valence-corrected chi connectivity index (χ4v) is 3.20. The van der Waals surface area contributed by atoms with E-state index in [0.717, 1.165) is 0 Å². The second kappa shape index (κ2) is 10.3. The van der Waals surface area contributed by atoms with Gasteiger partial charge in [0.2, 0.25) is 12.1 Å². The molecule has 0 radical (unpaired) electrons. The molecule has 28 heavy (non-hydrogen) atoms. The Morgan fingerprint density at radius 1 is 1.21 bits per heavy atom. The third kappa shape index (κ3) is 7.13. The number of nitrogens with zero attached hydrogens (tertiary/aromatic N) is 4. The maximum atomic E-state index is 12.2. The van der Waals surface area contributed by atoms with Gasteiger partial charge in [-0.15, -0.1) is 15.0 Å². The highest BCUT2D eigenvalue weighted by Crippen LogP contribution is 2.23. The van der Waals surface area contributed by atoms with Crippen molar-refractivity contribution in [3.8, 4) is 0 Å². The van der Waals surface area contributed by atoms with Gasteiger partial charge in [-0.2, -0.15) is 0 Å². The maximum absolute atomic E-state index is 12.2. The molecule has 1 aliphatic carbocycles. The number of aromatic nitrogens is 4. The number of carbonyl (C=O) groups excluding carboxylic acids is 1. The summed E-state index contributed by atoms with van der Waals surface area (Å²) in [5, 5.41) is 16.1. The van der Waals surface area contributed by atoms with Gasteiger partial charge in [-0.05, 0) is 45.7 Å². The Hall–Kier alpha value is -1.54. The smallest absolute Gasteiger partial charge is 0.313 e. The molecule has 1 unspecified atom stereocenters. The highest BCUT2D eigenvalue weighted by Gasteiger charge is 2.30. The predicted molar refractivity (Wildman–Crippen MR) is 106 cm³/mol. The van der Waals surface area contributed by atoms with Crippen molar-refractivity contribution in [3.05, 3.63) is 5.82 Å². The molecule has 0 aliphatic heterocycles. The summed E-state index contributed by atoms with van der Waals surface area (Å²) in [4.78, 5) is 13.6. The average Bonchev–Trinajstić information content (AvgIpc) is 3.07. The number of hydrogen-bond acceptors (Lipinski definition) is 7. The predicted octanol–water partition coefficient (Wildman–Crippen LogP) is 3.24. The first-order chi connectivity index (χ1) is 13.2. The van der Waals surface area contributed by atoms with Gasteiger partial charge in [0, 0.05) is 18.0 Å². The van der Waals surface area contributed by atoms with E-state index in [4.69, 9.17) is 9.47 Å². The van der Waals surface area contributed by atoms with Crippen LogP contribution in [-0.2, 0) is 20.9 Å². The third-order valence-electron chi connectivity index (χ3n) is 4.83. The molecule has 0 saturated heterocycles. The van der Waals surface area contributed by atoms with Crippen molar-refractivity contribution in [2.75, 3.05) is 6.61 Å². The zero-order valence-electron chi connectivity index (χ0n) is 18.3. The van der Waals surface area contributed by atoms with Crippen molar-refractivity contribution < 1.29 is 14.3 Å². The Labute approximate surface area is 168 Å². The van der Waals surface area contributed by atoms with Crippen LogP contribution in [0.2, 0.25) is 0 Å². The minimum Gasteiger partial charge on any atom is -0.437 e. The number of carbonyl (C=O) groups is 1. The van der Waals surface area contributed by atoms with Crippen LogP contribution in [0.4, 0.5) is 0 Å². The van der Waals surface area contributed by atoms with Crippen LogP contribution >= 0.6 is 0 Å². The Bertz CT molecular complexity index is 605. The molecular formula is C20H37N5O3. The molecule has 1 heterocycles. The fraction of sp³-hybridized carbons (Fsp3) is 0.900. The number of nitrogens with one attached hydrogen (secondary N) is 1. The molecule has 1 saturated carbocycles. The standard InChI is InChI=1S/C20H37N5O3/c1-14(2)18(28-19(26)20(4,5)6)25-23-17(22-24-25)13-27-12-15(3)21-16-10-8-7-9-11-16/h14-16,18,21H,7-13H2,1-6H3/t15-,18?/m1/s1. The van der Waals surface area contributed by atoms with Crippen molar-refractivity contribution in [2.24, 2.45) is 11.3 Å². The second-order valence-corrected chi connectivity index (χ2v) is 9.23. The van der Waals surface area contributed by atoms with E-state index in [9.17, 15) is 4.79 Å². The van der Waals surface area contributed by atoms with E-state index in [-0.39, 0.29) is 24.5 Å². The van der Waals surface area contributed by atoms with Crippen LogP contribution in [0, 0.1) is 11.3 Å². The molecule has 8 nitrogen and oxygen atoms in total.